The van der Waals surface area contributed by atoms with Crippen LogP contribution in [-0.4, -0.2) is 46.0 Å². The van der Waals surface area contributed by atoms with Gasteiger partial charge in [0.1, 0.15) is 17.0 Å². The zero-order valence-corrected chi connectivity index (χ0v) is 17.8. The van der Waals surface area contributed by atoms with Crippen LogP contribution in [0.4, 0.5) is 4.39 Å². The Morgan fingerprint density at radius 1 is 1.22 bits per heavy atom. The summed E-state index contributed by atoms with van der Waals surface area (Å²) in [5.41, 5.74) is 0.140. The number of nitrogens with zero attached hydrogens (tertiary/aromatic N) is 3. The molecule has 3 aromatic rings. The molecule has 1 aliphatic heterocycles. The van der Waals surface area contributed by atoms with Gasteiger partial charge in [0.2, 0.25) is 0 Å². The summed E-state index contributed by atoms with van der Waals surface area (Å²) in [6.45, 7) is 2.63. The van der Waals surface area contributed by atoms with Gasteiger partial charge in [-0.2, -0.15) is 0 Å². The number of benzene rings is 1. The number of piperidine rings is 1. The number of hydrogen-bond acceptors (Lipinski definition) is 5. The molecule has 0 bridgehead atoms. The number of hydrogen-bond donors (Lipinski definition) is 0. The lowest BCUT2D eigenvalue weighted by Gasteiger charge is -2.31. The molecule has 0 saturated carbocycles. The van der Waals surface area contributed by atoms with E-state index in [2.05, 4.69) is 4.98 Å². The first-order chi connectivity index (χ1) is 15.5. The number of amides is 1. The van der Waals surface area contributed by atoms with Gasteiger partial charge in [-0.15, -0.1) is 0 Å². The van der Waals surface area contributed by atoms with E-state index in [1.165, 1.54) is 21.6 Å². The van der Waals surface area contributed by atoms with Crippen LogP contribution in [0.2, 0.25) is 0 Å². The molecule has 1 fully saturated rings. The van der Waals surface area contributed by atoms with E-state index in [0.29, 0.717) is 36.0 Å². The fraction of sp³-hybridized carbons (Fsp3) is 0.333. The fourth-order valence-electron chi connectivity index (χ4n) is 4.09. The molecule has 1 amide bonds. The van der Waals surface area contributed by atoms with Crippen LogP contribution in [-0.2, 0) is 16.1 Å². The van der Waals surface area contributed by atoms with Crippen molar-refractivity contribution in [1.29, 1.82) is 0 Å². The van der Waals surface area contributed by atoms with Crippen LogP contribution in [0.25, 0.3) is 11.0 Å². The van der Waals surface area contributed by atoms with E-state index in [9.17, 15) is 18.8 Å². The highest BCUT2D eigenvalue weighted by Gasteiger charge is 2.31. The number of pyridine rings is 2. The normalized spacial score (nSPS) is 16.2. The van der Waals surface area contributed by atoms with E-state index in [0.717, 1.165) is 0 Å². The Bertz CT molecular complexity index is 1220. The maximum Gasteiger partial charge on any atom is 0.310 e. The van der Waals surface area contributed by atoms with Crippen molar-refractivity contribution in [3.8, 4) is 0 Å². The van der Waals surface area contributed by atoms with Gasteiger partial charge in [-0.1, -0.05) is 18.2 Å². The van der Waals surface area contributed by atoms with Gasteiger partial charge < -0.3 is 9.64 Å². The summed E-state index contributed by atoms with van der Waals surface area (Å²) < 4.78 is 20.7. The van der Waals surface area contributed by atoms with Gasteiger partial charge in [0.25, 0.3) is 11.5 Å². The number of carbonyl (C=O) groups is 2. The molecule has 7 nitrogen and oxygen atoms in total. The first-order valence-corrected chi connectivity index (χ1v) is 10.7. The summed E-state index contributed by atoms with van der Waals surface area (Å²) in [5.74, 6) is -1.62. The molecule has 0 N–H and O–H groups in total. The highest BCUT2D eigenvalue weighted by molar-refractivity contribution is 5.97. The van der Waals surface area contributed by atoms with Crippen molar-refractivity contribution < 1.29 is 18.7 Å². The number of rotatable bonds is 5. The van der Waals surface area contributed by atoms with Gasteiger partial charge in [-0.25, -0.2) is 9.37 Å². The lowest BCUT2D eigenvalue weighted by atomic mass is 9.97. The van der Waals surface area contributed by atoms with Crippen molar-refractivity contribution in [2.24, 2.45) is 5.92 Å². The molecule has 1 saturated heterocycles. The number of carbonyl (C=O) groups excluding carboxylic acids is 2. The number of aromatic nitrogens is 2. The summed E-state index contributed by atoms with van der Waals surface area (Å²) in [6, 6.07) is 11.2. The van der Waals surface area contributed by atoms with Crippen molar-refractivity contribution in [3.63, 3.8) is 0 Å². The Morgan fingerprint density at radius 3 is 2.81 bits per heavy atom. The second-order valence-electron chi connectivity index (χ2n) is 7.80. The molecule has 8 heteroatoms. The third kappa shape index (κ3) is 4.26. The average Bonchev–Trinajstić information content (AvgIpc) is 2.81. The monoisotopic (exact) mass is 437 g/mol. The first kappa shape index (κ1) is 21.7. The van der Waals surface area contributed by atoms with E-state index < -0.39 is 23.2 Å². The molecule has 0 aliphatic carbocycles. The van der Waals surface area contributed by atoms with Crippen molar-refractivity contribution in [3.05, 3.63) is 76.0 Å². The summed E-state index contributed by atoms with van der Waals surface area (Å²) in [4.78, 5) is 44.7. The van der Waals surface area contributed by atoms with Crippen LogP contribution in [0.1, 0.15) is 35.7 Å². The second kappa shape index (κ2) is 9.30. The predicted molar refractivity (Wildman–Crippen MR) is 117 cm³/mol. The zero-order valence-electron chi connectivity index (χ0n) is 17.8. The second-order valence-corrected chi connectivity index (χ2v) is 7.80. The van der Waals surface area contributed by atoms with Crippen LogP contribution < -0.4 is 5.56 Å². The van der Waals surface area contributed by atoms with Crippen molar-refractivity contribution in [2.75, 3.05) is 19.7 Å². The van der Waals surface area contributed by atoms with Gasteiger partial charge in [0, 0.05) is 30.2 Å². The van der Waals surface area contributed by atoms with Crippen LogP contribution >= 0.6 is 0 Å². The zero-order chi connectivity index (χ0) is 22.7. The number of likely N-dealkylation sites (tertiary alicyclic amines) is 1. The van der Waals surface area contributed by atoms with Gasteiger partial charge in [-0.05, 0) is 44.0 Å². The molecule has 1 atom stereocenters. The van der Waals surface area contributed by atoms with E-state index in [1.54, 1.807) is 43.5 Å². The first-order valence-electron chi connectivity index (χ1n) is 10.7. The number of fused-ring (bicyclic) bond motifs is 1. The van der Waals surface area contributed by atoms with Crippen molar-refractivity contribution in [1.82, 2.24) is 14.5 Å². The lowest BCUT2D eigenvalue weighted by molar-refractivity contribution is -0.149. The van der Waals surface area contributed by atoms with Crippen LogP contribution in [0, 0.1) is 11.7 Å². The summed E-state index contributed by atoms with van der Waals surface area (Å²) >= 11 is 0. The standard InChI is InChI=1S/C24H24FN3O4/c1-2-32-24(31)18-9-6-12-27(14-18)22(29)19-13-16-8-5-11-26-21(16)28(23(19)30)15-17-7-3-4-10-20(17)25/h3-5,7-8,10-11,13,18H,2,6,9,12,14-15H2,1H3. The largest absolute Gasteiger partial charge is 0.466 e. The van der Waals surface area contributed by atoms with Crippen LogP contribution in [0.5, 0.6) is 0 Å². The Hall–Kier alpha value is -3.55. The Labute approximate surface area is 184 Å². The van der Waals surface area contributed by atoms with E-state index in [1.807, 2.05) is 0 Å². The van der Waals surface area contributed by atoms with Crippen LogP contribution in [0.3, 0.4) is 0 Å². The smallest absolute Gasteiger partial charge is 0.310 e. The molecule has 2 aromatic heterocycles. The molecule has 3 heterocycles. The predicted octanol–water partition coefficient (Wildman–Crippen LogP) is 3.00. The Balaban J connectivity index is 1.72. The van der Waals surface area contributed by atoms with Gasteiger partial charge >= 0.3 is 5.97 Å². The summed E-state index contributed by atoms with van der Waals surface area (Å²) in [7, 11) is 0. The molecule has 32 heavy (non-hydrogen) atoms. The van der Waals surface area contributed by atoms with Gasteiger partial charge in [0.15, 0.2) is 0 Å². The third-order valence-corrected chi connectivity index (χ3v) is 5.69. The lowest BCUT2D eigenvalue weighted by Crippen LogP contribution is -2.45. The molecule has 4 rings (SSSR count). The quantitative estimate of drug-likeness (QED) is 0.573. The van der Waals surface area contributed by atoms with E-state index in [-0.39, 0.29) is 31.2 Å². The maximum atomic E-state index is 14.3. The highest BCUT2D eigenvalue weighted by Crippen LogP contribution is 2.21. The fourth-order valence-corrected chi connectivity index (χ4v) is 4.09. The molecular weight excluding hydrogens is 413 g/mol. The maximum absolute atomic E-state index is 14.3. The van der Waals surface area contributed by atoms with E-state index >= 15 is 0 Å². The van der Waals surface area contributed by atoms with Gasteiger partial charge in [0.05, 0.1) is 19.1 Å². The Morgan fingerprint density at radius 2 is 2.03 bits per heavy atom. The SMILES string of the molecule is CCOC(=O)C1CCCN(C(=O)c2cc3cccnc3n(Cc3ccccc3F)c2=O)C1. The third-order valence-electron chi connectivity index (χ3n) is 5.69. The van der Waals surface area contributed by atoms with Crippen LogP contribution in [0.15, 0.2) is 53.5 Å². The van der Waals surface area contributed by atoms with E-state index in [4.69, 9.17) is 4.74 Å². The summed E-state index contributed by atoms with van der Waals surface area (Å²) in [5, 5.41) is 0.603. The molecular formula is C24H24FN3O4. The summed E-state index contributed by atoms with van der Waals surface area (Å²) in [6.07, 6.45) is 2.84. The molecule has 1 aliphatic rings. The molecule has 166 valence electrons. The number of esters is 1. The van der Waals surface area contributed by atoms with Crippen molar-refractivity contribution in [2.45, 2.75) is 26.3 Å². The minimum Gasteiger partial charge on any atom is -0.466 e. The van der Waals surface area contributed by atoms with Gasteiger partial charge in [-0.3, -0.25) is 19.0 Å². The number of ether oxygens (including phenoxy) is 1. The molecule has 1 aromatic carbocycles. The molecule has 0 radical (unpaired) electrons. The average molecular weight is 437 g/mol. The molecule has 0 spiro atoms. The topological polar surface area (TPSA) is 81.5 Å². The minimum absolute atomic E-state index is 0.0219. The number of halogens is 1. The highest BCUT2D eigenvalue weighted by atomic mass is 19.1. The van der Waals surface area contributed by atoms with Crippen molar-refractivity contribution >= 4 is 22.9 Å². The molecule has 1 unspecified atom stereocenters. The Kier molecular flexibility index (Phi) is 6.30. The minimum atomic E-state index is -0.539.